The van der Waals surface area contributed by atoms with Gasteiger partial charge in [0, 0.05) is 78.2 Å². The Balaban J connectivity index is 1.01. The molecule has 0 bridgehead atoms. The van der Waals surface area contributed by atoms with Crippen molar-refractivity contribution < 1.29 is 0 Å². The fourth-order valence-electron chi connectivity index (χ4n) is 7.87. The van der Waals surface area contributed by atoms with Crippen molar-refractivity contribution in [2.24, 2.45) is 0 Å². The molecule has 12 aromatic rings. The smallest absolute Gasteiger partial charge is 0.164 e. The number of rotatable bonds is 5. The SMILES string of the molecule is c1ccc(-c2nc(-c3ccc4sc5cc(-c6nc(-c7ccccc7)c7sc8ccccc8c7n6)ccc5c4c3)nc(-c3cccc4sc5ccccc5c34)n2)cc1. The van der Waals surface area contributed by atoms with E-state index in [0.717, 1.165) is 54.9 Å². The average Bonchev–Trinajstić information content (AvgIpc) is 3.97. The van der Waals surface area contributed by atoms with Gasteiger partial charge in [-0.3, -0.25) is 0 Å². The van der Waals surface area contributed by atoms with Crippen LogP contribution in [0.5, 0.6) is 0 Å². The van der Waals surface area contributed by atoms with E-state index in [-0.39, 0.29) is 0 Å². The first-order valence-corrected chi connectivity index (χ1v) is 21.1. The van der Waals surface area contributed by atoms with E-state index in [0.29, 0.717) is 17.5 Å². The Bertz CT molecular complexity index is 3530. The van der Waals surface area contributed by atoms with E-state index in [1.807, 2.05) is 24.3 Å². The largest absolute Gasteiger partial charge is 0.226 e. The highest BCUT2D eigenvalue weighted by Crippen LogP contribution is 2.43. The van der Waals surface area contributed by atoms with Crippen LogP contribution in [0, 0.1) is 0 Å². The normalized spacial score (nSPS) is 11.9. The standard InChI is InChI=1S/C49H27N5S3/c1-3-12-28(13-4-1)43-45-44(34-17-8-10-20-38(34)57-45)51-47(50-43)31-22-24-32-36-26-30(23-25-39(36)56-41(32)27-31)48-52-46(29-14-5-2-6-15-29)53-49(54-48)35-18-11-21-40-42(35)33-16-7-9-19-37(33)55-40/h1-27H. The van der Waals surface area contributed by atoms with Gasteiger partial charge in [0.1, 0.15) is 0 Å². The van der Waals surface area contributed by atoms with Crippen molar-refractivity contribution in [3.05, 3.63) is 164 Å². The van der Waals surface area contributed by atoms with Gasteiger partial charge in [-0.25, -0.2) is 24.9 Å². The molecule has 8 heteroatoms. The van der Waals surface area contributed by atoms with Gasteiger partial charge in [0.25, 0.3) is 0 Å². The molecule has 0 amide bonds. The van der Waals surface area contributed by atoms with Gasteiger partial charge in [0.05, 0.1) is 15.9 Å². The van der Waals surface area contributed by atoms with Gasteiger partial charge in [0.15, 0.2) is 23.3 Å². The van der Waals surface area contributed by atoms with Crippen molar-refractivity contribution in [2.45, 2.75) is 0 Å². The fraction of sp³-hybridized carbons (Fsp3) is 0. The second-order valence-electron chi connectivity index (χ2n) is 14.0. The van der Waals surface area contributed by atoms with Crippen molar-refractivity contribution in [2.75, 3.05) is 0 Å². The molecule has 57 heavy (non-hydrogen) atoms. The molecular weight excluding hydrogens is 755 g/mol. The van der Waals surface area contributed by atoms with E-state index in [2.05, 4.69) is 140 Å². The van der Waals surface area contributed by atoms with Crippen LogP contribution in [0.25, 0.3) is 117 Å². The molecule has 0 saturated carbocycles. The second-order valence-corrected chi connectivity index (χ2v) is 17.2. The maximum atomic E-state index is 5.23. The molecule has 5 heterocycles. The zero-order valence-electron chi connectivity index (χ0n) is 30.0. The lowest BCUT2D eigenvalue weighted by molar-refractivity contribution is 1.08. The third-order valence-corrected chi connectivity index (χ3v) is 14.0. The van der Waals surface area contributed by atoms with Crippen LogP contribution in [0.3, 0.4) is 0 Å². The fourth-order valence-corrected chi connectivity index (χ4v) is 11.3. The van der Waals surface area contributed by atoms with Crippen LogP contribution in [0.1, 0.15) is 0 Å². The van der Waals surface area contributed by atoms with Gasteiger partial charge < -0.3 is 0 Å². The van der Waals surface area contributed by atoms with Crippen molar-refractivity contribution in [3.8, 4) is 56.8 Å². The first kappa shape index (κ1) is 32.5. The summed E-state index contributed by atoms with van der Waals surface area (Å²) in [6.45, 7) is 0. The highest BCUT2D eigenvalue weighted by Gasteiger charge is 2.20. The van der Waals surface area contributed by atoms with Crippen molar-refractivity contribution >= 4 is 94.7 Å². The van der Waals surface area contributed by atoms with Gasteiger partial charge in [0.2, 0.25) is 0 Å². The summed E-state index contributed by atoms with van der Waals surface area (Å²) < 4.78 is 7.16. The molecule has 12 rings (SSSR count). The lowest BCUT2D eigenvalue weighted by atomic mass is 10.0. The Morgan fingerprint density at radius 3 is 1.74 bits per heavy atom. The van der Waals surface area contributed by atoms with E-state index >= 15 is 0 Å². The van der Waals surface area contributed by atoms with Gasteiger partial charge in [-0.05, 0) is 42.5 Å². The van der Waals surface area contributed by atoms with Gasteiger partial charge >= 0.3 is 0 Å². The molecule has 0 unspecified atom stereocenters. The summed E-state index contributed by atoms with van der Waals surface area (Å²) in [6.07, 6.45) is 0. The van der Waals surface area contributed by atoms with Crippen LogP contribution in [0.2, 0.25) is 0 Å². The second kappa shape index (κ2) is 12.9. The maximum Gasteiger partial charge on any atom is 0.164 e. The molecule has 5 aromatic heterocycles. The van der Waals surface area contributed by atoms with Crippen LogP contribution in [-0.2, 0) is 0 Å². The van der Waals surface area contributed by atoms with Gasteiger partial charge in [-0.2, -0.15) is 0 Å². The number of fused-ring (bicyclic) bond motifs is 9. The first-order chi connectivity index (χ1) is 28.2. The van der Waals surface area contributed by atoms with Crippen LogP contribution in [0.15, 0.2) is 164 Å². The zero-order chi connectivity index (χ0) is 37.5. The quantitative estimate of drug-likeness (QED) is 0.174. The van der Waals surface area contributed by atoms with Crippen LogP contribution in [0.4, 0.5) is 0 Å². The van der Waals surface area contributed by atoms with Crippen LogP contribution >= 0.6 is 34.0 Å². The molecule has 0 aliphatic heterocycles. The minimum absolute atomic E-state index is 0.645. The highest BCUT2D eigenvalue weighted by molar-refractivity contribution is 7.26. The Hall–Kier alpha value is -6.71. The topological polar surface area (TPSA) is 64.5 Å². The molecule has 0 fully saturated rings. The average molecular weight is 782 g/mol. The molecular formula is C49H27N5S3. The predicted molar refractivity (Wildman–Crippen MR) is 241 cm³/mol. The zero-order valence-corrected chi connectivity index (χ0v) is 32.5. The number of aromatic nitrogens is 5. The molecule has 0 spiro atoms. The van der Waals surface area contributed by atoms with Crippen LogP contribution < -0.4 is 0 Å². The summed E-state index contributed by atoms with van der Waals surface area (Å²) in [6, 6.07) is 57.3. The molecule has 7 aromatic carbocycles. The number of hydrogen-bond donors (Lipinski definition) is 0. The molecule has 5 nitrogen and oxygen atoms in total. The highest BCUT2D eigenvalue weighted by atomic mass is 32.1. The summed E-state index contributed by atoms with van der Waals surface area (Å²) >= 11 is 5.33. The van der Waals surface area contributed by atoms with E-state index in [4.69, 9.17) is 24.9 Å². The molecule has 0 saturated heterocycles. The molecule has 266 valence electrons. The van der Waals surface area contributed by atoms with Gasteiger partial charge in [-0.1, -0.05) is 121 Å². The molecule has 0 atom stereocenters. The lowest BCUT2D eigenvalue weighted by Crippen LogP contribution is -2.00. The predicted octanol–water partition coefficient (Wildman–Crippen LogP) is 14.1. The Morgan fingerprint density at radius 1 is 0.316 bits per heavy atom. The summed E-state index contributed by atoms with van der Waals surface area (Å²) in [5.41, 5.74) is 6.94. The van der Waals surface area contributed by atoms with Crippen molar-refractivity contribution in [1.82, 2.24) is 24.9 Å². The van der Waals surface area contributed by atoms with E-state index in [1.54, 1.807) is 34.0 Å². The van der Waals surface area contributed by atoms with Crippen molar-refractivity contribution in [1.29, 1.82) is 0 Å². The van der Waals surface area contributed by atoms with Crippen LogP contribution in [-0.4, -0.2) is 24.9 Å². The summed E-state index contributed by atoms with van der Waals surface area (Å²) in [7, 11) is 0. The Morgan fingerprint density at radius 2 is 0.912 bits per heavy atom. The first-order valence-electron chi connectivity index (χ1n) is 18.7. The summed E-state index contributed by atoms with van der Waals surface area (Å²) in [5.74, 6) is 2.69. The van der Waals surface area contributed by atoms with E-state index in [9.17, 15) is 0 Å². The lowest BCUT2D eigenvalue weighted by Gasteiger charge is -2.10. The number of hydrogen-bond acceptors (Lipinski definition) is 8. The maximum absolute atomic E-state index is 5.23. The minimum atomic E-state index is 0.645. The summed E-state index contributed by atoms with van der Waals surface area (Å²) in [4.78, 5) is 25.9. The number of nitrogens with zero attached hydrogens (tertiary/aromatic N) is 5. The third-order valence-electron chi connectivity index (χ3n) is 10.6. The monoisotopic (exact) mass is 781 g/mol. The summed E-state index contributed by atoms with van der Waals surface area (Å²) in [5, 5.41) is 5.89. The molecule has 0 aliphatic rings. The van der Waals surface area contributed by atoms with E-state index in [1.165, 1.54) is 45.0 Å². The van der Waals surface area contributed by atoms with E-state index < -0.39 is 0 Å². The molecule has 0 radical (unpaired) electrons. The number of benzene rings is 7. The van der Waals surface area contributed by atoms with Gasteiger partial charge in [-0.15, -0.1) is 34.0 Å². The number of thiophene rings is 3. The van der Waals surface area contributed by atoms with Crippen molar-refractivity contribution in [3.63, 3.8) is 0 Å². The Kier molecular flexibility index (Phi) is 7.38. The Labute approximate surface area is 338 Å². The third kappa shape index (κ3) is 5.37. The minimum Gasteiger partial charge on any atom is -0.226 e. The molecule has 0 N–H and O–H groups in total. The molecule has 0 aliphatic carbocycles.